The number of piperazine rings is 1. The van der Waals surface area contributed by atoms with Crippen LogP contribution in [0.25, 0.3) is 0 Å². The third-order valence-corrected chi connectivity index (χ3v) is 10.5. The Morgan fingerprint density at radius 3 is 2.25 bits per heavy atom. The summed E-state index contributed by atoms with van der Waals surface area (Å²) >= 11 is 0. The predicted molar refractivity (Wildman–Crippen MR) is 205 cm³/mol. The van der Waals surface area contributed by atoms with E-state index in [9.17, 15) is 19.2 Å². The van der Waals surface area contributed by atoms with Crippen LogP contribution in [0.4, 0.5) is 14.4 Å². The van der Waals surface area contributed by atoms with Crippen molar-refractivity contribution in [1.29, 1.82) is 0 Å². The highest BCUT2D eigenvalue weighted by molar-refractivity contribution is 5.79. The minimum absolute atomic E-state index is 0.00615. The van der Waals surface area contributed by atoms with Crippen LogP contribution in [0.15, 0.2) is 73.3 Å². The molecule has 0 spiro atoms. The van der Waals surface area contributed by atoms with Crippen molar-refractivity contribution >= 4 is 24.1 Å². The molecule has 3 aliphatic rings. The maximum Gasteiger partial charge on any atom is 0.410 e. The van der Waals surface area contributed by atoms with Crippen molar-refractivity contribution in [3.8, 4) is 0 Å². The van der Waals surface area contributed by atoms with Gasteiger partial charge in [0.2, 0.25) is 5.91 Å². The van der Waals surface area contributed by atoms with Crippen molar-refractivity contribution in [3.05, 3.63) is 90.0 Å². The van der Waals surface area contributed by atoms with Gasteiger partial charge in [-0.05, 0) is 36.0 Å². The van der Waals surface area contributed by atoms with Gasteiger partial charge in [0.05, 0.1) is 19.5 Å². The standard InChI is InChI=1S/C40H54N8O8/c41-25-30-7-9-31(10-8-30)26-44-38(50)46-20-22-48(23-21-46)40(52)56-34-13-24-53-35(36(34)54-27-32-5-2-1-3-6-32)28-55-39(51)47-17-11-33(12-18-47)37(49)43-14-4-16-45-19-15-42-29-45/h1-3,5-10,15,19,29,33-36H,4,11-14,16-18,20-28,41H2,(H,43,49)(H,44,50)/t34-,35-,36+/m1/s1. The minimum Gasteiger partial charge on any atom is -0.447 e. The molecule has 3 fully saturated rings. The smallest absolute Gasteiger partial charge is 0.410 e. The highest BCUT2D eigenvalue weighted by Crippen LogP contribution is 2.25. The first-order chi connectivity index (χ1) is 27.4. The number of carbonyl (C=O) groups is 4. The van der Waals surface area contributed by atoms with Gasteiger partial charge >= 0.3 is 18.2 Å². The molecular formula is C40H54N8O8. The van der Waals surface area contributed by atoms with Gasteiger partial charge in [0.1, 0.15) is 24.9 Å². The second-order valence-corrected chi connectivity index (χ2v) is 14.3. The van der Waals surface area contributed by atoms with Crippen LogP contribution in [0.5, 0.6) is 0 Å². The van der Waals surface area contributed by atoms with Crippen molar-refractivity contribution in [3.63, 3.8) is 0 Å². The second kappa shape index (κ2) is 20.6. The van der Waals surface area contributed by atoms with Crippen molar-refractivity contribution in [2.75, 3.05) is 59.0 Å². The molecule has 1 aromatic heterocycles. The van der Waals surface area contributed by atoms with Crippen molar-refractivity contribution in [2.24, 2.45) is 11.7 Å². The molecule has 4 N–H and O–H groups in total. The summed E-state index contributed by atoms with van der Waals surface area (Å²) < 4.78 is 26.2. The fourth-order valence-electron chi connectivity index (χ4n) is 7.07. The lowest BCUT2D eigenvalue weighted by Crippen LogP contribution is -2.55. The third kappa shape index (κ3) is 11.7. The van der Waals surface area contributed by atoms with E-state index in [-0.39, 0.29) is 37.7 Å². The molecule has 2 aromatic carbocycles. The van der Waals surface area contributed by atoms with Gasteiger partial charge in [-0.2, -0.15) is 0 Å². The summed E-state index contributed by atoms with van der Waals surface area (Å²) in [5, 5.41) is 5.96. The van der Waals surface area contributed by atoms with E-state index in [1.807, 2.05) is 65.4 Å². The predicted octanol–water partition coefficient (Wildman–Crippen LogP) is 3.10. The fraction of sp³-hybridized carbons (Fsp3) is 0.525. The molecule has 0 bridgehead atoms. The van der Waals surface area contributed by atoms with E-state index in [0.717, 1.165) is 29.7 Å². The van der Waals surface area contributed by atoms with Crippen LogP contribution in [0.3, 0.4) is 0 Å². The Kier molecular flexibility index (Phi) is 14.9. The van der Waals surface area contributed by atoms with Crippen molar-refractivity contribution in [1.82, 2.24) is 34.9 Å². The number of aryl methyl sites for hydroxylation is 1. The van der Waals surface area contributed by atoms with Crippen LogP contribution in [-0.2, 0) is 50.0 Å². The number of benzene rings is 2. The van der Waals surface area contributed by atoms with Crippen LogP contribution >= 0.6 is 0 Å². The number of nitrogens with zero attached hydrogens (tertiary/aromatic N) is 5. The number of imidazole rings is 1. The Balaban J connectivity index is 0.954. The summed E-state index contributed by atoms with van der Waals surface area (Å²) in [4.78, 5) is 61.2. The van der Waals surface area contributed by atoms with Crippen LogP contribution < -0.4 is 16.4 Å². The lowest BCUT2D eigenvalue weighted by atomic mass is 9.96. The number of ether oxygens (including phenoxy) is 4. The van der Waals surface area contributed by atoms with Crippen LogP contribution in [-0.4, -0.2) is 126 Å². The topological polar surface area (TPSA) is 183 Å². The number of hydrogen-bond donors (Lipinski definition) is 3. The molecule has 56 heavy (non-hydrogen) atoms. The molecule has 4 heterocycles. The molecule has 16 nitrogen and oxygen atoms in total. The zero-order valence-electron chi connectivity index (χ0n) is 31.8. The van der Waals surface area contributed by atoms with E-state index in [4.69, 9.17) is 24.7 Å². The number of carbonyl (C=O) groups excluding carboxylic acids is 4. The summed E-state index contributed by atoms with van der Waals surface area (Å²) in [5.74, 6) is -0.155. The molecule has 0 saturated carbocycles. The van der Waals surface area contributed by atoms with Gasteiger partial charge in [-0.15, -0.1) is 0 Å². The lowest BCUT2D eigenvalue weighted by molar-refractivity contribution is -0.178. The normalized spacial score (nSPS) is 20.3. The first kappa shape index (κ1) is 40.5. The zero-order chi connectivity index (χ0) is 39.1. The quantitative estimate of drug-likeness (QED) is 0.206. The van der Waals surface area contributed by atoms with Gasteiger partial charge in [-0.25, -0.2) is 19.4 Å². The Labute approximate surface area is 327 Å². The number of nitrogens with two attached hydrogens (primary N) is 1. The van der Waals surface area contributed by atoms with Crippen LogP contribution in [0.1, 0.15) is 42.4 Å². The minimum atomic E-state index is -0.699. The number of rotatable bonds is 14. The second-order valence-electron chi connectivity index (χ2n) is 14.3. The molecule has 3 aliphatic heterocycles. The molecule has 0 aliphatic carbocycles. The molecule has 302 valence electrons. The first-order valence-electron chi connectivity index (χ1n) is 19.5. The maximum atomic E-state index is 13.5. The summed E-state index contributed by atoms with van der Waals surface area (Å²) in [7, 11) is 0. The molecule has 3 atom stereocenters. The summed E-state index contributed by atoms with van der Waals surface area (Å²) in [6, 6.07) is 17.2. The zero-order valence-corrected chi connectivity index (χ0v) is 31.8. The van der Waals surface area contributed by atoms with Crippen molar-refractivity contribution in [2.45, 2.75) is 70.2 Å². The number of piperidine rings is 1. The number of hydrogen-bond acceptors (Lipinski definition) is 10. The van der Waals surface area contributed by atoms with E-state index in [2.05, 4.69) is 15.6 Å². The van der Waals surface area contributed by atoms with Gasteiger partial charge in [-0.1, -0.05) is 54.6 Å². The number of aromatic nitrogens is 2. The highest BCUT2D eigenvalue weighted by atomic mass is 16.6. The Morgan fingerprint density at radius 1 is 0.821 bits per heavy atom. The van der Waals surface area contributed by atoms with Gasteiger partial charge in [0.25, 0.3) is 0 Å². The fourth-order valence-corrected chi connectivity index (χ4v) is 7.07. The van der Waals surface area contributed by atoms with Crippen molar-refractivity contribution < 1.29 is 38.1 Å². The van der Waals surface area contributed by atoms with Gasteiger partial charge in [0, 0.05) is 90.2 Å². The largest absolute Gasteiger partial charge is 0.447 e. The molecule has 5 amide bonds. The molecule has 3 aromatic rings. The Bertz CT molecular complexity index is 1680. The van der Waals surface area contributed by atoms with Gasteiger partial charge < -0.3 is 54.6 Å². The highest BCUT2D eigenvalue weighted by Gasteiger charge is 2.40. The molecule has 0 unspecified atom stereocenters. The number of amides is 5. The SMILES string of the molecule is NCc1ccc(CNC(=O)N2CCN(C(=O)O[C@@H]3CCO[C@H](COC(=O)N4CCC(C(=O)NCCCn5ccnc5)CC4)[C@H]3OCc3ccccc3)CC2)cc1. The average molecular weight is 775 g/mol. The van der Waals surface area contributed by atoms with E-state index >= 15 is 0 Å². The molecule has 0 radical (unpaired) electrons. The van der Waals surface area contributed by atoms with E-state index in [1.165, 1.54) is 0 Å². The number of likely N-dealkylation sites (tertiary alicyclic amines) is 1. The maximum absolute atomic E-state index is 13.5. The molecule has 3 saturated heterocycles. The Morgan fingerprint density at radius 2 is 1.54 bits per heavy atom. The van der Waals surface area contributed by atoms with Crippen LogP contribution in [0, 0.1) is 5.92 Å². The third-order valence-electron chi connectivity index (χ3n) is 10.5. The van der Waals surface area contributed by atoms with E-state index in [0.29, 0.717) is 78.2 Å². The summed E-state index contributed by atoms with van der Waals surface area (Å²) in [5.41, 5.74) is 8.61. The molecule has 6 rings (SSSR count). The molecular weight excluding hydrogens is 720 g/mol. The van der Waals surface area contributed by atoms with Gasteiger partial charge in [-0.3, -0.25) is 4.79 Å². The number of urea groups is 1. The Hall–Kier alpha value is -5.19. The monoisotopic (exact) mass is 774 g/mol. The summed E-state index contributed by atoms with van der Waals surface area (Å²) in [6.45, 7) is 4.84. The summed E-state index contributed by atoms with van der Waals surface area (Å²) in [6.07, 6.45) is 4.68. The first-order valence-corrected chi connectivity index (χ1v) is 19.5. The van der Waals surface area contributed by atoms with E-state index in [1.54, 1.807) is 27.2 Å². The average Bonchev–Trinajstić information content (AvgIpc) is 3.77. The molecule has 16 heteroatoms. The van der Waals surface area contributed by atoms with E-state index < -0.39 is 30.5 Å². The van der Waals surface area contributed by atoms with Gasteiger partial charge in [0.15, 0.2) is 0 Å². The number of nitrogens with one attached hydrogen (secondary N) is 2. The lowest BCUT2D eigenvalue weighted by Gasteiger charge is -2.39. The van der Waals surface area contributed by atoms with Crippen LogP contribution in [0.2, 0.25) is 0 Å².